The van der Waals surface area contributed by atoms with Gasteiger partial charge in [-0.15, -0.1) is 0 Å². The lowest BCUT2D eigenvalue weighted by Crippen LogP contribution is -2.45. The van der Waals surface area contributed by atoms with Gasteiger partial charge in [-0.25, -0.2) is 0 Å². The van der Waals surface area contributed by atoms with Crippen molar-refractivity contribution in [3.05, 3.63) is 9.66 Å². The smallest absolute Gasteiger partial charge is 0.402 e. The highest BCUT2D eigenvalue weighted by molar-refractivity contribution is 14.1. The molecule has 1 saturated heterocycles. The number of allylic oxidation sites excluding steroid dienone is 1. The molecule has 2 atom stereocenters. The second-order valence-electron chi connectivity index (χ2n) is 6.72. The Kier molecular flexibility index (Phi) is 3.80. The van der Waals surface area contributed by atoms with E-state index in [0.717, 1.165) is 12.8 Å². The molecule has 0 radical (unpaired) electrons. The Morgan fingerprint density at radius 1 is 1.25 bits per heavy atom. The summed E-state index contributed by atoms with van der Waals surface area (Å²) in [5.41, 5.74) is -0.659. The number of ether oxygens (including phenoxy) is 1. The summed E-state index contributed by atoms with van der Waals surface area (Å²) in [6, 6.07) is 0. The first-order valence-electron chi connectivity index (χ1n) is 7.20. The van der Waals surface area contributed by atoms with Crippen LogP contribution in [0.25, 0.3) is 0 Å². The van der Waals surface area contributed by atoms with Gasteiger partial charge in [0.05, 0.1) is 17.3 Å². The lowest BCUT2D eigenvalue weighted by atomic mass is 9.74. The molecule has 2 aliphatic heterocycles. The zero-order chi connectivity index (χ0) is 14.5. The fraction of sp³-hybridized carbons (Fsp3) is 0.786. The highest BCUT2D eigenvalue weighted by atomic mass is 127. The maximum atomic E-state index is 6.14. The molecule has 0 aromatic rings. The van der Waals surface area contributed by atoms with Crippen LogP contribution in [0.5, 0.6) is 0 Å². The van der Waals surface area contributed by atoms with E-state index in [1.54, 1.807) is 0 Å². The molecule has 3 aliphatic rings. The van der Waals surface area contributed by atoms with E-state index in [1.165, 1.54) is 3.58 Å². The van der Waals surface area contributed by atoms with Gasteiger partial charge in [-0.2, -0.15) is 0 Å². The van der Waals surface area contributed by atoms with Crippen molar-refractivity contribution in [1.82, 2.24) is 0 Å². The van der Waals surface area contributed by atoms with E-state index in [-0.39, 0.29) is 30.4 Å². The number of hydrogen-bond acceptors (Lipinski definition) is 4. The second kappa shape index (κ2) is 5.07. The molecule has 0 aromatic carbocycles. The summed E-state index contributed by atoms with van der Waals surface area (Å²) < 4.78 is 19.6. The molecule has 2 heterocycles. The van der Waals surface area contributed by atoms with Crippen LogP contribution in [-0.2, 0) is 14.0 Å². The Bertz CT molecular complexity index is 443. The topological polar surface area (TPSA) is 40.0 Å². The van der Waals surface area contributed by atoms with Crippen LogP contribution < -0.4 is 0 Å². The average molecular weight is 389 g/mol. The summed E-state index contributed by atoms with van der Waals surface area (Å²) >= 11 is 2.33. The number of nitrogens with zero attached hydrogens (tertiary/aromatic N) is 1. The van der Waals surface area contributed by atoms with E-state index < -0.39 is 0 Å². The number of halogens is 1. The molecule has 1 saturated carbocycles. The first-order valence-corrected chi connectivity index (χ1v) is 8.28. The van der Waals surface area contributed by atoms with Crippen molar-refractivity contribution in [2.45, 2.75) is 69.9 Å². The molecule has 2 fully saturated rings. The van der Waals surface area contributed by atoms with Gasteiger partial charge in [0.15, 0.2) is 0 Å². The highest BCUT2D eigenvalue weighted by Gasteiger charge is 2.56. The van der Waals surface area contributed by atoms with Gasteiger partial charge in [0.1, 0.15) is 12.0 Å². The SMILES string of the molecule is CC1(C)OB(C2N=CC=C(I)C2OC2CC2)OC1(C)C. The monoisotopic (exact) mass is 389 g/mol. The Hall–Kier alpha value is 0.0849. The standard InChI is InChI=1S/C14H21BINO3/c1-13(2)14(3,4)20-15(19-13)12-11(18-9-5-6-9)10(16)7-8-17-12/h7-9,11-12H,5-6H2,1-4H3. The summed E-state index contributed by atoms with van der Waals surface area (Å²) in [5, 5.41) is 0. The lowest BCUT2D eigenvalue weighted by molar-refractivity contribution is 0.00578. The van der Waals surface area contributed by atoms with Crippen LogP contribution in [0.3, 0.4) is 0 Å². The maximum absolute atomic E-state index is 6.14. The third kappa shape index (κ3) is 2.72. The Labute approximate surface area is 134 Å². The molecule has 0 aromatic heterocycles. The highest BCUT2D eigenvalue weighted by Crippen LogP contribution is 2.41. The predicted octanol–water partition coefficient (Wildman–Crippen LogP) is 2.94. The fourth-order valence-corrected chi connectivity index (χ4v) is 3.02. The van der Waals surface area contributed by atoms with Crippen LogP contribution in [0.4, 0.5) is 0 Å². The average Bonchev–Trinajstić information content (AvgIpc) is 3.10. The van der Waals surface area contributed by atoms with Gasteiger partial charge in [0.2, 0.25) is 0 Å². The fourth-order valence-electron chi connectivity index (χ4n) is 2.35. The molecule has 0 spiro atoms. The van der Waals surface area contributed by atoms with Crippen molar-refractivity contribution in [1.29, 1.82) is 0 Å². The summed E-state index contributed by atoms with van der Waals surface area (Å²) in [6.07, 6.45) is 6.50. The zero-order valence-electron chi connectivity index (χ0n) is 12.4. The minimum absolute atomic E-state index is 0.0391. The molecule has 3 rings (SSSR count). The van der Waals surface area contributed by atoms with Gasteiger partial charge in [-0.3, -0.25) is 4.99 Å². The van der Waals surface area contributed by atoms with Gasteiger partial charge in [-0.05, 0) is 69.2 Å². The molecule has 0 bridgehead atoms. The van der Waals surface area contributed by atoms with E-state index in [0.29, 0.717) is 6.10 Å². The summed E-state index contributed by atoms with van der Waals surface area (Å²) in [4.78, 5) is 4.57. The molecule has 110 valence electrons. The van der Waals surface area contributed by atoms with Crippen molar-refractivity contribution in [2.75, 3.05) is 0 Å². The quantitative estimate of drug-likeness (QED) is 0.551. The van der Waals surface area contributed by atoms with E-state index in [2.05, 4.69) is 55.3 Å². The maximum Gasteiger partial charge on any atom is 0.487 e. The van der Waals surface area contributed by atoms with Gasteiger partial charge >= 0.3 is 7.12 Å². The van der Waals surface area contributed by atoms with E-state index in [1.807, 2.05) is 12.3 Å². The first kappa shape index (κ1) is 15.0. The molecule has 0 N–H and O–H groups in total. The Morgan fingerprint density at radius 3 is 2.40 bits per heavy atom. The molecule has 1 aliphatic carbocycles. The first-order chi connectivity index (χ1) is 9.30. The lowest BCUT2D eigenvalue weighted by Gasteiger charge is -2.32. The van der Waals surface area contributed by atoms with Gasteiger partial charge in [0, 0.05) is 9.79 Å². The van der Waals surface area contributed by atoms with Crippen molar-refractivity contribution in [3.63, 3.8) is 0 Å². The molecular formula is C14H21BINO3. The van der Waals surface area contributed by atoms with E-state index in [4.69, 9.17) is 14.0 Å². The number of aliphatic imine (C=N–C) groups is 1. The van der Waals surface area contributed by atoms with Crippen molar-refractivity contribution < 1.29 is 14.0 Å². The summed E-state index contributed by atoms with van der Waals surface area (Å²) in [7, 11) is -0.349. The molecule has 6 heteroatoms. The van der Waals surface area contributed by atoms with Crippen LogP contribution in [0, 0.1) is 0 Å². The molecular weight excluding hydrogens is 368 g/mol. The number of dihydropyridines is 1. The van der Waals surface area contributed by atoms with Gasteiger partial charge < -0.3 is 14.0 Å². The second-order valence-corrected chi connectivity index (χ2v) is 7.97. The third-order valence-electron chi connectivity index (χ3n) is 4.49. The Morgan fingerprint density at radius 2 is 1.85 bits per heavy atom. The molecule has 20 heavy (non-hydrogen) atoms. The predicted molar refractivity (Wildman–Crippen MR) is 88.4 cm³/mol. The molecule has 0 amide bonds. The van der Waals surface area contributed by atoms with Crippen molar-refractivity contribution >= 4 is 35.9 Å². The minimum Gasteiger partial charge on any atom is -0.402 e. The van der Waals surface area contributed by atoms with Gasteiger partial charge in [0.25, 0.3) is 0 Å². The third-order valence-corrected chi connectivity index (χ3v) is 5.46. The van der Waals surface area contributed by atoms with Crippen molar-refractivity contribution in [3.8, 4) is 0 Å². The normalized spacial score (nSPS) is 35.2. The van der Waals surface area contributed by atoms with Crippen LogP contribution >= 0.6 is 22.6 Å². The summed E-state index contributed by atoms with van der Waals surface area (Å²) in [5.74, 6) is -0.117. The van der Waals surface area contributed by atoms with Gasteiger partial charge in [-0.1, -0.05) is 0 Å². The molecule has 2 unspecified atom stereocenters. The number of rotatable bonds is 3. The van der Waals surface area contributed by atoms with E-state index >= 15 is 0 Å². The summed E-state index contributed by atoms with van der Waals surface area (Å²) in [6.45, 7) is 8.27. The largest absolute Gasteiger partial charge is 0.487 e. The molecule has 4 nitrogen and oxygen atoms in total. The van der Waals surface area contributed by atoms with E-state index in [9.17, 15) is 0 Å². The van der Waals surface area contributed by atoms with Crippen molar-refractivity contribution in [2.24, 2.45) is 4.99 Å². The number of hydrogen-bond donors (Lipinski definition) is 0. The zero-order valence-corrected chi connectivity index (χ0v) is 14.6. The minimum atomic E-state index is -0.349. The van der Waals surface area contributed by atoms with Crippen LogP contribution in [-0.4, -0.2) is 42.7 Å². The van der Waals surface area contributed by atoms with Crippen LogP contribution in [0.15, 0.2) is 14.6 Å². The Balaban J connectivity index is 1.78. The van der Waals surface area contributed by atoms with Crippen LogP contribution in [0.1, 0.15) is 40.5 Å². The van der Waals surface area contributed by atoms with Crippen LogP contribution in [0.2, 0.25) is 0 Å².